The number of hydrogen-bond donors (Lipinski definition) is 1. The van der Waals surface area contributed by atoms with Crippen molar-refractivity contribution in [1.29, 1.82) is 0 Å². The first kappa shape index (κ1) is 9.92. The Labute approximate surface area is 77.8 Å². The zero-order valence-electron chi connectivity index (χ0n) is 6.35. The summed E-state index contributed by atoms with van der Waals surface area (Å²) < 4.78 is 25.6. The molecule has 1 rings (SSSR count). The fourth-order valence-corrected chi connectivity index (χ4v) is 1.05. The third-order valence-electron chi connectivity index (χ3n) is 1.46. The first-order valence-electron chi connectivity index (χ1n) is 3.36. The fourth-order valence-electron chi connectivity index (χ4n) is 0.865. The topological polar surface area (TPSA) is 37.3 Å². The second-order valence-corrected chi connectivity index (χ2v) is 2.78. The van der Waals surface area contributed by atoms with Crippen molar-refractivity contribution in [2.75, 3.05) is 0 Å². The third-order valence-corrected chi connectivity index (χ3v) is 1.80. The van der Waals surface area contributed by atoms with Crippen LogP contribution in [0.1, 0.15) is 5.56 Å². The lowest BCUT2D eigenvalue weighted by Gasteiger charge is -2.01. The Balaban J connectivity index is 3.10. The van der Waals surface area contributed by atoms with E-state index in [0.29, 0.717) is 0 Å². The van der Waals surface area contributed by atoms with E-state index in [4.69, 9.17) is 16.7 Å². The van der Waals surface area contributed by atoms with Crippen LogP contribution >= 0.6 is 11.6 Å². The summed E-state index contributed by atoms with van der Waals surface area (Å²) in [6.07, 6.45) is -0.508. The molecule has 1 N–H and O–H groups in total. The van der Waals surface area contributed by atoms with Crippen molar-refractivity contribution in [3.8, 4) is 0 Å². The zero-order chi connectivity index (χ0) is 10.0. The van der Waals surface area contributed by atoms with Gasteiger partial charge in [0, 0.05) is 5.56 Å². The Morgan fingerprint density at radius 2 is 2.08 bits per heavy atom. The van der Waals surface area contributed by atoms with E-state index < -0.39 is 29.0 Å². The van der Waals surface area contributed by atoms with Crippen LogP contribution in [0.2, 0.25) is 5.02 Å². The molecule has 0 saturated carbocycles. The minimum Gasteiger partial charge on any atom is -0.481 e. The summed E-state index contributed by atoms with van der Waals surface area (Å²) >= 11 is 5.22. The minimum absolute atomic E-state index is 0.126. The SMILES string of the molecule is O=C(O)Cc1ccc(F)c(Cl)c1F. The van der Waals surface area contributed by atoms with Gasteiger partial charge >= 0.3 is 5.97 Å². The Morgan fingerprint density at radius 3 is 2.62 bits per heavy atom. The molecular formula is C8H5ClF2O2. The van der Waals surface area contributed by atoms with E-state index in [-0.39, 0.29) is 5.56 Å². The van der Waals surface area contributed by atoms with Crippen LogP contribution in [0.15, 0.2) is 12.1 Å². The summed E-state index contributed by atoms with van der Waals surface area (Å²) in [4.78, 5) is 10.2. The molecule has 13 heavy (non-hydrogen) atoms. The van der Waals surface area contributed by atoms with E-state index in [2.05, 4.69) is 0 Å². The summed E-state index contributed by atoms with van der Waals surface area (Å²) in [6.45, 7) is 0. The van der Waals surface area contributed by atoms with Crippen molar-refractivity contribution in [2.24, 2.45) is 0 Å². The van der Waals surface area contributed by atoms with Crippen LogP contribution in [0, 0.1) is 11.6 Å². The third kappa shape index (κ3) is 2.15. The highest BCUT2D eigenvalue weighted by Gasteiger charge is 2.13. The van der Waals surface area contributed by atoms with Gasteiger partial charge in [0.25, 0.3) is 0 Å². The quantitative estimate of drug-likeness (QED) is 0.754. The molecule has 0 aromatic heterocycles. The van der Waals surface area contributed by atoms with Crippen LogP contribution in [0.25, 0.3) is 0 Å². The molecule has 0 fully saturated rings. The number of benzene rings is 1. The van der Waals surface area contributed by atoms with Gasteiger partial charge in [0.15, 0.2) is 0 Å². The molecule has 2 nitrogen and oxygen atoms in total. The molecule has 0 aliphatic heterocycles. The van der Waals surface area contributed by atoms with Crippen molar-refractivity contribution in [3.05, 3.63) is 34.4 Å². The van der Waals surface area contributed by atoms with Crippen molar-refractivity contribution >= 4 is 17.6 Å². The van der Waals surface area contributed by atoms with E-state index in [1.54, 1.807) is 0 Å². The molecule has 0 aliphatic carbocycles. The first-order chi connectivity index (χ1) is 6.02. The van der Waals surface area contributed by atoms with Crippen LogP contribution in [-0.4, -0.2) is 11.1 Å². The minimum atomic E-state index is -1.19. The molecule has 0 unspecified atom stereocenters. The van der Waals surface area contributed by atoms with Crippen LogP contribution in [0.4, 0.5) is 8.78 Å². The van der Waals surface area contributed by atoms with E-state index in [1.165, 1.54) is 0 Å². The summed E-state index contributed by atoms with van der Waals surface area (Å²) in [5, 5.41) is 7.68. The van der Waals surface area contributed by atoms with Gasteiger partial charge in [-0.15, -0.1) is 0 Å². The molecule has 70 valence electrons. The van der Waals surface area contributed by atoms with Crippen LogP contribution < -0.4 is 0 Å². The molecule has 0 amide bonds. The zero-order valence-corrected chi connectivity index (χ0v) is 7.11. The fraction of sp³-hybridized carbons (Fsp3) is 0.125. The average molecular weight is 207 g/mol. The molecule has 0 spiro atoms. The monoisotopic (exact) mass is 206 g/mol. The Kier molecular flexibility index (Phi) is 2.83. The van der Waals surface area contributed by atoms with Crippen LogP contribution in [0.3, 0.4) is 0 Å². The Bertz CT molecular complexity index is 352. The lowest BCUT2D eigenvalue weighted by Crippen LogP contribution is -2.03. The maximum absolute atomic E-state index is 13.0. The number of carboxylic acids is 1. The van der Waals surface area contributed by atoms with Gasteiger partial charge in [-0.3, -0.25) is 4.79 Å². The van der Waals surface area contributed by atoms with Gasteiger partial charge in [-0.1, -0.05) is 17.7 Å². The Morgan fingerprint density at radius 1 is 1.46 bits per heavy atom. The maximum Gasteiger partial charge on any atom is 0.307 e. The highest BCUT2D eigenvalue weighted by molar-refractivity contribution is 6.31. The molecule has 0 atom stereocenters. The molecule has 1 aromatic rings. The van der Waals surface area contributed by atoms with E-state index in [9.17, 15) is 13.6 Å². The molecule has 0 heterocycles. The van der Waals surface area contributed by atoms with Gasteiger partial charge in [0.1, 0.15) is 16.7 Å². The normalized spacial score (nSPS) is 10.1. The number of carboxylic acid groups (broad SMARTS) is 1. The average Bonchev–Trinajstić information content (AvgIpc) is 2.06. The summed E-state index contributed by atoms with van der Waals surface area (Å²) in [6, 6.07) is 1.99. The Hall–Kier alpha value is -1.16. The van der Waals surface area contributed by atoms with Crippen molar-refractivity contribution in [3.63, 3.8) is 0 Å². The molecule has 5 heteroatoms. The largest absolute Gasteiger partial charge is 0.481 e. The predicted octanol–water partition coefficient (Wildman–Crippen LogP) is 2.25. The first-order valence-corrected chi connectivity index (χ1v) is 3.74. The van der Waals surface area contributed by atoms with Gasteiger partial charge in [-0.25, -0.2) is 8.78 Å². The van der Waals surface area contributed by atoms with Gasteiger partial charge in [-0.05, 0) is 6.07 Å². The van der Waals surface area contributed by atoms with Gasteiger partial charge in [-0.2, -0.15) is 0 Å². The van der Waals surface area contributed by atoms with Gasteiger partial charge in [0.05, 0.1) is 6.42 Å². The maximum atomic E-state index is 13.0. The van der Waals surface area contributed by atoms with Crippen molar-refractivity contribution in [2.45, 2.75) is 6.42 Å². The molecule has 0 bridgehead atoms. The lowest BCUT2D eigenvalue weighted by molar-refractivity contribution is -0.136. The molecule has 1 aromatic carbocycles. The summed E-state index contributed by atoms with van der Waals surface area (Å²) in [5.41, 5.74) is -0.126. The van der Waals surface area contributed by atoms with E-state index in [1.807, 2.05) is 0 Å². The summed E-state index contributed by atoms with van der Waals surface area (Å²) in [5.74, 6) is -3.10. The second-order valence-electron chi connectivity index (χ2n) is 2.40. The lowest BCUT2D eigenvalue weighted by atomic mass is 10.1. The highest BCUT2D eigenvalue weighted by atomic mass is 35.5. The second kappa shape index (κ2) is 3.70. The van der Waals surface area contributed by atoms with E-state index in [0.717, 1.165) is 12.1 Å². The number of carbonyl (C=O) groups is 1. The van der Waals surface area contributed by atoms with E-state index >= 15 is 0 Å². The van der Waals surface area contributed by atoms with Gasteiger partial charge in [0.2, 0.25) is 0 Å². The standard InChI is InChI=1S/C8H5ClF2O2/c9-7-5(10)2-1-4(8(7)11)3-6(12)13/h1-2H,3H2,(H,12,13). The highest BCUT2D eigenvalue weighted by Crippen LogP contribution is 2.21. The van der Waals surface area contributed by atoms with Crippen LogP contribution in [-0.2, 0) is 11.2 Å². The number of halogens is 3. The molecule has 0 saturated heterocycles. The van der Waals surface area contributed by atoms with Crippen LogP contribution in [0.5, 0.6) is 0 Å². The molecule has 0 radical (unpaired) electrons. The summed E-state index contributed by atoms with van der Waals surface area (Å²) in [7, 11) is 0. The van der Waals surface area contributed by atoms with Gasteiger partial charge < -0.3 is 5.11 Å². The number of aliphatic carboxylic acids is 1. The smallest absolute Gasteiger partial charge is 0.307 e. The van der Waals surface area contributed by atoms with Crippen molar-refractivity contribution in [1.82, 2.24) is 0 Å². The molecule has 0 aliphatic rings. The predicted molar refractivity (Wildman–Crippen MR) is 42.7 cm³/mol. The van der Waals surface area contributed by atoms with Crippen molar-refractivity contribution < 1.29 is 18.7 Å². The molecular weight excluding hydrogens is 202 g/mol. The number of hydrogen-bond acceptors (Lipinski definition) is 1. The number of rotatable bonds is 2.